The Morgan fingerprint density at radius 1 is 1.57 bits per heavy atom. The van der Waals surface area contributed by atoms with E-state index in [2.05, 4.69) is 15.5 Å². The predicted molar refractivity (Wildman–Crippen MR) is 56.0 cm³/mol. The molecule has 14 heavy (non-hydrogen) atoms. The second-order valence-electron chi connectivity index (χ2n) is 3.44. The zero-order valence-corrected chi connectivity index (χ0v) is 8.92. The maximum Gasteiger partial charge on any atom is 0.228 e. The minimum absolute atomic E-state index is 0.0569. The summed E-state index contributed by atoms with van der Waals surface area (Å²) >= 11 is 0. The average Bonchev–Trinajstić information content (AvgIpc) is 2.53. The number of hydrogen-bond acceptors (Lipinski definition) is 2. The lowest BCUT2D eigenvalue weighted by molar-refractivity contribution is -0.120. The van der Waals surface area contributed by atoms with E-state index in [1.807, 2.05) is 26.8 Å². The van der Waals surface area contributed by atoms with Crippen LogP contribution < -0.4 is 5.32 Å². The van der Waals surface area contributed by atoms with Gasteiger partial charge in [0.05, 0.1) is 0 Å². The molecule has 0 aromatic carbocycles. The standard InChI is InChI=1S/C10H17N3O/c1-4-8(5-2)10(14)11-9-6-7(3)12-13-9/h6,8H,4-5H2,1-3H3,(H2,11,12,13,14). The molecule has 0 aliphatic carbocycles. The Morgan fingerprint density at radius 2 is 2.21 bits per heavy atom. The number of carbonyl (C=O) groups is 1. The van der Waals surface area contributed by atoms with Gasteiger partial charge in [0.1, 0.15) is 0 Å². The number of anilines is 1. The fourth-order valence-electron chi connectivity index (χ4n) is 1.37. The normalized spacial score (nSPS) is 10.6. The van der Waals surface area contributed by atoms with Crippen LogP contribution in [0.2, 0.25) is 0 Å². The Balaban J connectivity index is 2.56. The SMILES string of the molecule is CCC(CC)C(=O)Nc1cc(C)[nH]n1. The van der Waals surface area contributed by atoms with Crippen LogP contribution in [0, 0.1) is 12.8 Å². The summed E-state index contributed by atoms with van der Waals surface area (Å²) < 4.78 is 0. The molecule has 2 N–H and O–H groups in total. The zero-order valence-electron chi connectivity index (χ0n) is 8.92. The molecule has 0 fully saturated rings. The monoisotopic (exact) mass is 195 g/mol. The van der Waals surface area contributed by atoms with Crippen molar-refractivity contribution in [1.82, 2.24) is 10.2 Å². The van der Waals surface area contributed by atoms with Crippen LogP contribution in [0.1, 0.15) is 32.4 Å². The number of aryl methyl sites for hydroxylation is 1. The van der Waals surface area contributed by atoms with Gasteiger partial charge in [0, 0.05) is 17.7 Å². The Hall–Kier alpha value is -1.32. The van der Waals surface area contributed by atoms with Crippen molar-refractivity contribution in [2.24, 2.45) is 5.92 Å². The molecule has 0 radical (unpaired) electrons. The number of hydrogen-bond donors (Lipinski definition) is 2. The van der Waals surface area contributed by atoms with E-state index in [0.29, 0.717) is 5.82 Å². The van der Waals surface area contributed by atoms with Crippen LogP contribution in [0.3, 0.4) is 0 Å². The highest BCUT2D eigenvalue weighted by atomic mass is 16.1. The minimum atomic E-state index is 0.0569. The van der Waals surface area contributed by atoms with Gasteiger partial charge in [-0.1, -0.05) is 13.8 Å². The van der Waals surface area contributed by atoms with Gasteiger partial charge in [-0.2, -0.15) is 5.10 Å². The van der Waals surface area contributed by atoms with Crippen LogP contribution in [-0.4, -0.2) is 16.1 Å². The fraction of sp³-hybridized carbons (Fsp3) is 0.600. The van der Waals surface area contributed by atoms with Gasteiger partial charge in [-0.05, 0) is 19.8 Å². The van der Waals surface area contributed by atoms with Crippen molar-refractivity contribution in [3.63, 3.8) is 0 Å². The number of aromatic amines is 1. The zero-order chi connectivity index (χ0) is 10.6. The van der Waals surface area contributed by atoms with E-state index >= 15 is 0 Å². The highest BCUT2D eigenvalue weighted by molar-refractivity contribution is 5.91. The van der Waals surface area contributed by atoms with Crippen LogP contribution in [-0.2, 0) is 4.79 Å². The van der Waals surface area contributed by atoms with E-state index in [1.165, 1.54) is 0 Å². The largest absolute Gasteiger partial charge is 0.309 e. The number of H-pyrrole nitrogens is 1. The predicted octanol–water partition coefficient (Wildman–Crippen LogP) is 2.09. The van der Waals surface area contributed by atoms with Gasteiger partial charge in [0.2, 0.25) is 5.91 Å². The number of aromatic nitrogens is 2. The Kier molecular flexibility index (Phi) is 3.68. The maximum absolute atomic E-state index is 11.6. The second-order valence-corrected chi connectivity index (χ2v) is 3.44. The fourth-order valence-corrected chi connectivity index (χ4v) is 1.37. The van der Waals surface area contributed by atoms with Crippen molar-refractivity contribution in [3.05, 3.63) is 11.8 Å². The lowest BCUT2D eigenvalue weighted by Gasteiger charge is -2.10. The molecule has 0 aliphatic rings. The number of carbonyl (C=O) groups excluding carboxylic acids is 1. The summed E-state index contributed by atoms with van der Waals surface area (Å²) in [6.07, 6.45) is 1.73. The molecule has 0 saturated heterocycles. The number of amides is 1. The summed E-state index contributed by atoms with van der Waals surface area (Å²) in [6, 6.07) is 1.82. The van der Waals surface area contributed by atoms with Gasteiger partial charge in [0.25, 0.3) is 0 Å². The number of rotatable bonds is 4. The van der Waals surface area contributed by atoms with E-state index in [-0.39, 0.29) is 11.8 Å². The molecule has 0 aliphatic heterocycles. The van der Waals surface area contributed by atoms with Gasteiger partial charge >= 0.3 is 0 Å². The molecular formula is C10H17N3O. The third kappa shape index (κ3) is 2.58. The first-order chi connectivity index (χ1) is 6.67. The summed E-state index contributed by atoms with van der Waals surface area (Å²) in [7, 11) is 0. The molecule has 1 amide bonds. The summed E-state index contributed by atoms with van der Waals surface area (Å²) in [5.74, 6) is 0.757. The van der Waals surface area contributed by atoms with Crippen molar-refractivity contribution < 1.29 is 4.79 Å². The molecule has 1 aromatic heterocycles. The Labute approximate surface area is 84.1 Å². The van der Waals surface area contributed by atoms with Crippen LogP contribution in [0.25, 0.3) is 0 Å². The molecular weight excluding hydrogens is 178 g/mol. The molecule has 78 valence electrons. The first kappa shape index (κ1) is 10.8. The van der Waals surface area contributed by atoms with E-state index < -0.39 is 0 Å². The Bertz CT molecular complexity index is 302. The van der Waals surface area contributed by atoms with Crippen LogP contribution in [0.4, 0.5) is 5.82 Å². The van der Waals surface area contributed by atoms with E-state index in [1.54, 1.807) is 0 Å². The number of nitrogens with one attached hydrogen (secondary N) is 2. The molecule has 0 spiro atoms. The van der Waals surface area contributed by atoms with Crippen LogP contribution >= 0.6 is 0 Å². The van der Waals surface area contributed by atoms with Gasteiger partial charge in [0.15, 0.2) is 5.82 Å². The molecule has 4 heteroatoms. The molecule has 1 aromatic rings. The minimum Gasteiger partial charge on any atom is -0.309 e. The summed E-state index contributed by atoms with van der Waals surface area (Å²) in [6.45, 7) is 5.94. The molecule has 0 atom stereocenters. The van der Waals surface area contributed by atoms with Crippen LogP contribution in [0.15, 0.2) is 6.07 Å². The Morgan fingerprint density at radius 3 is 2.64 bits per heavy atom. The smallest absolute Gasteiger partial charge is 0.228 e. The molecule has 0 unspecified atom stereocenters. The summed E-state index contributed by atoms with van der Waals surface area (Å²) in [4.78, 5) is 11.6. The third-order valence-electron chi connectivity index (χ3n) is 2.31. The third-order valence-corrected chi connectivity index (χ3v) is 2.31. The summed E-state index contributed by atoms with van der Waals surface area (Å²) in [5, 5.41) is 9.52. The lowest BCUT2D eigenvalue weighted by Crippen LogP contribution is -2.21. The number of nitrogens with zero attached hydrogens (tertiary/aromatic N) is 1. The molecule has 1 heterocycles. The van der Waals surface area contributed by atoms with Gasteiger partial charge in [-0.15, -0.1) is 0 Å². The molecule has 0 saturated carbocycles. The van der Waals surface area contributed by atoms with Crippen LogP contribution in [0.5, 0.6) is 0 Å². The van der Waals surface area contributed by atoms with E-state index in [0.717, 1.165) is 18.5 Å². The van der Waals surface area contributed by atoms with Crippen molar-refractivity contribution >= 4 is 11.7 Å². The second kappa shape index (κ2) is 4.79. The van der Waals surface area contributed by atoms with Gasteiger partial charge < -0.3 is 5.32 Å². The van der Waals surface area contributed by atoms with Gasteiger partial charge in [-0.25, -0.2) is 0 Å². The van der Waals surface area contributed by atoms with Crippen molar-refractivity contribution in [2.45, 2.75) is 33.6 Å². The highest BCUT2D eigenvalue weighted by Crippen LogP contribution is 2.11. The van der Waals surface area contributed by atoms with Crippen molar-refractivity contribution in [1.29, 1.82) is 0 Å². The van der Waals surface area contributed by atoms with Crippen molar-refractivity contribution in [3.8, 4) is 0 Å². The van der Waals surface area contributed by atoms with E-state index in [4.69, 9.17) is 0 Å². The molecule has 1 rings (SSSR count). The molecule has 0 bridgehead atoms. The highest BCUT2D eigenvalue weighted by Gasteiger charge is 2.14. The quantitative estimate of drug-likeness (QED) is 0.772. The molecule has 4 nitrogen and oxygen atoms in total. The van der Waals surface area contributed by atoms with E-state index in [9.17, 15) is 4.79 Å². The first-order valence-corrected chi connectivity index (χ1v) is 5.00. The average molecular weight is 195 g/mol. The maximum atomic E-state index is 11.6. The first-order valence-electron chi connectivity index (χ1n) is 5.00. The summed E-state index contributed by atoms with van der Waals surface area (Å²) in [5.41, 5.74) is 0.949. The van der Waals surface area contributed by atoms with Gasteiger partial charge in [-0.3, -0.25) is 9.89 Å². The van der Waals surface area contributed by atoms with Crippen molar-refractivity contribution in [2.75, 3.05) is 5.32 Å². The topological polar surface area (TPSA) is 57.8 Å². The lowest BCUT2D eigenvalue weighted by atomic mass is 10.0.